The summed E-state index contributed by atoms with van der Waals surface area (Å²) >= 11 is 1.04. The zero-order valence-electron chi connectivity index (χ0n) is 10.6. The van der Waals surface area contributed by atoms with E-state index in [0.717, 1.165) is 23.5 Å². The second kappa shape index (κ2) is 4.90. The Kier molecular flexibility index (Phi) is 3.56. The lowest BCUT2D eigenvalue weighted by Crippen LogP contribution is -2.28. The van der Waals surface area contributed by atoms with Gasteiger partial charge in [-0.2, -0.15) is 0 Å². The molecule has 0 aliphatic heterocycles. The summed E-state index contributed by atoms with van der Waals surface area (Å²) in [6.07, 6.45) is 0. The molecule has 7 heteroatoms. The van der Waals surface area contributed by atoms with E-state index in [1.54, 1.807) is 0 Å². The fraction of sp³-hybridized carbons (Fsp3) is 0.231. The highest BCUT2D eigenvalue weighted by molar-refractivity contribution is 7.13. The Morgan fingerprint density at radius 3 is 2.30 bits per heavy atom. The van der Waals surface area contributed by atoms with Crippen molar-refractivity contribution in [1.82, 2.24) is 4.98 Å². The van der Waals surface area contributed by atoms with Crippen LogP contribution in [0.4, 0.5) is 13.2 Å². The van der Waals surface area contributed by atoms with Gasteiger partial charge in [0.15, 0.2) is 17.5 Å². The first-order valence-electron chi connectivity index (χ1n) is 5.58. The summed E-state index contributed by atoms with van der Waals surface area (Å²) in [4.78, 5) is 15.2. The molecular weight excluding hydrogens is 291 g/mol. The Hall–Kier alpha value is -1.89. The Labute approximate surface area is 116 Å². The summed E-state index contributed by atoms with van der Waals surface area (Å²) < 4.78 is 39.2. The average molecular weight is 301 g/mol. The molecule has 0 aliphatic carbocycles. The van der Waals surface area contributed by atoms with Crippen molar-refractivity contribution in [2.75, 3.05) is 0 Å². The highest BCUT2D eigenvalue weighted by Gasteiger charge is 2.32. The third-order valence-electron chi connectivity index (χ3n) is 2.91. The van der Waals surface area contributed by atoms with Crippen LogP contribution in [-0.4, -0.2) is 16.1 Å². The number of hydrogen-bond acceptors (Lipinski definition) is 3. The van der Waals surface area contributed by atoms with Gasteiger partial charge in [0, 0.05) is 10.9 Å². The molecule has 2 aromatic rings. The van der Waals surface area contributed by atoms with E-state index in [4.69, 9.17) is 5.11 Å². The van der Waals surface area contributed by atoms with Gasteiger partial charge in [-0.05, 0) is 26.0 Å². The number of hydrogen-bond donors (Lipinski definition) is 1. The van der Waals surface area contributed by atoms with Crippen LogP contribution in [0.1, 0.15) is 19.5 Å². The van der Waals surface area contributed by atoms with E-state index in [-0.39, 0.29) is 16.3 Å². The minimum Gasteiger partial charge on any atom is -0.481 e. The minimum absolute atomic E-state index is 0.0684. The smallest absolute Gasteiger partial charge is 0.315 e. The van der Waals surface area contributed by atoms with Gasteiger partial charge >= 0.3 is 5.97 Å². The van der Waals surface area contributed by atoms with E-state index in [0.29, 0.717) is 0 Å². The van der Waals surface area contributed by atoms with Crippen LogP contribution in [0.2, 0.25) is 0 Å². The maximum Gasteiger partial charge on any atom is 0.315 e. The second-order valence-corrected chi connectivity index (χ2v) is 5.58. The Morgan fingerprint density at radius 2 is 1.80 bits per heavy atom. The second-order valence-electron chi connectivity index (χ2n) is 4.72. The lowest BCUT2D eigenvalue weighted by atomic mass is 9.90. The molecule has 0 saturated heterocycles. The van der Waals surface area contributed by atoms with Gasteiger partial charge in [0.05, 0.1) is 5.69 Å². The Morgan fingerprint density at radius 1 is 1.25 bits per heavy atom. The molecule has 2 rings (SSSR count). The van der Waals surface area contributed by atoms with Crippen molar-refractivity contribution in [1.29, 1.82) is 0 Å². The number of carboxylic acid groups (broad SMARTS) is 1. The van der Waals surface area contributed by atoms with Crippen molar-refractivity contribution in [2.45, 2.75) is 19.3 Å². The topological polar surface area (TPSA) is 50.2 Å². The van der Waals surface area contributed by atoms with Gasteiger partial charge in [-0.3, -0.25) is 4.79 Å². The molecule has 1 aromatic carbocycles. The number of benzene rings is 1. The van der Waals surface area contributed by atoms with Gasteiger partial charge in [0.25, 0.3) is 0 Å². The molecule has 0 bridgehead atoms. The fourth-order valence-electron chi connectivity index (χ4n) is 1.48. The van der Waals surface area contributed by atoms with Crippen LogP contribution in [-0.2, 0) is 10.2 Å². The van der Waals surface area contributed by atoms with Crippen LogP contribution >= 0.6 is 11.3 Å². The first-order valence-corrected chi connectivity index (χ1v) is 6.45. The minimum atomic E-state index is -1.55. The molecule has 20 heavy (non-hydrogen) atoms. The number of carbonyl (C=O) groups is 1. The molecule has 3 nitrogen and oxygen atoms in total. The summed E-state index contributed by atoms with van der Waals surface area (Å²) in [5, 5.41) is 10.8. The molecule has 0 fully saturated rings. The third-order valence-corrected chi connectivity index (χ3v) is 3.80. The van der Waals surface area contributed by atoms with Crippen molar-refractivity contribution in [3.63, 3.8) is 0 Å². The van der Waals surface area contributed by atoms with Gasteiger partial charge in [-0.1, -0.05) is 0 Å². The number of carboxylic acids is 1. The van der Waals surface area contributed by atoms with Crippen molar-refractivity contribution in [2.24, 2.45) is 0 Å². The van der Waals surface area contributed by atoms with Crippen molar-refractivity contribution < 1.29 is 23.1 Å². The maximum atomic E-state index is 13.2. The van der Waals surface area contributed by atoms with E-state index in [1.807, 2.05) is 0 Å². The van der Waals surface area contributed by atoms with Crippen molar-refractivity contribution in [3.8, 4) is 10.6 Å². The summed E-state index contributed by atoms with van der Waals surface area (Å²) in [6, 6.07) is 1.66. The summed E-state index contributed by atoms with van der Waals surface area (Å²) in [6.45, 7) is 2.94. The SMILES string of the molecule is CC(C)(C(=O)O)c1csc(-c2cc(F)c(F)c(F)c2)n1. The number of thiazole rings is 1. The van der Waals surface area contributed by atoms with Crippen LogP contribution < -0.4 is 0 Å². The van der Waals surface area contributed by atoms with Crippen LogP contribution in [0.15, 0.2) is 17.5 Å². The number of aliphatic carboxylic acids is 1. The molecule has 0 spiro atoms. The van der Waals surface area contributed by atoms with E-state index >= 15 is 0 Å². The lowest BCUT2D eigenvalue weighted by molar-refractivity contribution is -0.142. The van der Waals surface area contributed by atoms with Crippen molar-refractivity contribution in [3.05, 3.63) is 40.7 Å². The summed E-state index contributed by atoms with van der Waals surface area (Å²) in [5.74, 6) is -5.23. The lowest BCUT2D eigenvalue weighted by Gasteiger charge is -2.15. The van der Waals surface area contributed by atoms with Gasteiger partial charge in [-0.25, -0.2) is 18.2 Å². The van der Waals surface area contributed by atoms with Crippen LogP contribution in [0.5, 0.6) is 0 Å². The molecule has 0 saturated carbocycles. The molecule has 1 N–H and O–H groups in total. The molecule has 106 valence electrons. The van der Waals surface area contributed by atoms with Gasteiger partial charge in [0.1, 0.15) is 10.4 Å². The normalized spacial score (nSPS) is 11.7. The quantitative estimate of drug-likeness (QED) is 0.881. The monoisotopic (exact) mass is 301 g/mol. The zero-order valence-corrected chi connectivity index (χ0v) is 11.4. The largest absolute Gasteiger partial charge is 0.481 e. The standard InChI is InChI=1S/C13H10F3NO2S/c1-13(2,12(18)19)9-5-20-11(17-9)6-3-7(14)10(16)8(15)4-6/h3-5H,1-2H3,(H,18,19). The molecule has 0 amide bonds. The van der Waals surface area contributed by atoms with Gasteiger partial charge in [-0.15, -0.1) is 11.3 Å². The van der Waals surface area contributed by atoms with Crippen LogP contribution in [0.3, 0.4) is 0 Å². The maximum absolute atomic E-state index is 13.2. The molecule has 0 aliphatic rings. The number of rotatable bonds is 3. The predicted octanol–water partition coefficient (Wildman–Crippen LogP) is 3.59. The highest BCUT2D eigenvalue weighted by Crippen LogP contribution is 2.31. The summed E-state index contributed by atoms with van der Waals surface area (Å²) in [7, 11) is 0. The molecule has 0 radical (unpaired) electrons. The number of aromatic nitrogens is 1. The Balaban J connectivity index is 2.46. The zero-order chi connectivity index (χ0) is 15.1. The molecule has 1 aromatic heterocycles. The molecule has 0 unspecified atom stereocenters. The van der Waals surface area contributed by atoms with Gasteiger partial charge in [0.2, 0.25) is 0 Å². The van der Waals surface area contributed by atoms with E-state index < -0.39 is 28.8 Å². The molecule has 1 heterocycles. The number of nitrogens with zero attached hydrogens (tertiary/aromatic N) is 1. The molecular formula is C13H10F3NO2S. The fourth-order valence-corrected chi connectivity index (χ4v) is 2.46. The van der Waals surface area contributed by atoms with E-state index in [2.05, 4.69) is 4.98 Å². The van der Waals surface area contributed by atoms with Crippen molar-refractivity contribution >= 4 is 17.3 Å². The van der Waals surface area contributed by atoms with Crippen LogP contribution in [0, 0.1) is 17.5 Å². The van der Waals surface area contributed by atoms with E-state index in [9.17, 15) is 18.0 Å². The van der Waals surface area contributed by atoms with E-state index in [1.165, 1.54) is 19.2 Å². The molecule has 0 atom stereocenters. The first kappa shape index (κ1) is 14.5. The van der Waals surface area contributed by atoms with Gasteiger partial charge < -0.3 is 5.11 Å². The average Bonchev–Trinajstić information content (AvgIpc) is 2.85. The number of halogens is 3. The highest BCUT2D eigenvalue weighted by atomic mass is 32.1. The van der Waals surface area contributed by atoms with Crippen LogP contribution in [0.25, 0.3) is 10.6 Å². The summed E-state index contributed by atoms with van der Waals surface area (Å²) in [5.41, 5.74) is -0.875. The first-order chi connectivity index (χ1) is 9.23. The Bertz CT molecular complexity index is 659. The predicted molar refractivity (Wildman–Crippen MR) is 68.1 cm³/mol. The third kappa shape index (κ3) is 2.40.